The number of anilines is 1. The standard InChI is InChI=1S/C16H19FN4O/c1-13-10-18-21(11-13)12-16(22)20-8-6-19(7-9-20)15-5-3-2-4-14(15)17/h2-5,10-11H,6-9,12H2,1H3. The van der Waals surface area contributed by atoms with E-state index in [4.69, 9.17) is 0 Å². The van der Waals surface area contributed by atoms with Gasteiger partial charge in [-0.2, -0.15) is 5.10 Å². The zero-order chi connectivity index (χ0) is 15.5. The zero-order valence-corrected chi connectivity index (χ0v) is 12.6. The molecular weight excluding hydrogens is 283 g/mol. The Morgan fingerprint density at radius 2 is 1.95 bits per heavy atom. The van der Waals surface area contributed by atoms with Crippen molar-refractivity contribution in [3.63, 3.8) is 0 Å². The normalized spacial score (nSPS) is 15.2. The number of aryl methyl sites for hydroxylation is 1. The van der Waals surface area contributed by atoms with E-state index in [0.29, 0.717) is 31.9 Å². The molecule has 2 heterocycles. The lowest BCUT2D eigenvalue weighted by Gasteiger charge is -2.36. The van der Waals surface area contributed by atoms with Gasteiger partial charge < -0.3 is 9.80 Å². The molecule has 1 fully saturated rings. The molecule has 0 unspecified atom stereocenters. The summed E-state index contributed by atoms with van der Waals surface area (Å²) in [7, 11) is 0. The number of rotatable bonds is 3. The molecule has 1 amide bonds. The second-order valence-corrected chi connectivity index (χ2v) is 5.53. The van der Waals surface area contributed by atoms with E-state index in [2.05, 4.69) is 5.10 Å². The van der Waals surface area contributed by atoms with Crippen LogP contribution in [0.15, 0.2) is 36.7 Å². The van der Waals surface area contributed by atoms with Crippen LogP contribution in [0, 0.1) is 12.7 Å². The van der Waals surface area contributed by atoms with Gasteiger partial charge in [0.25, 0.3) is 0 Å². The van der Waals surface area contributed by atoms with Crippen LogP contribution in [-0.4, -0.2) is 46.8 Å². The first-order valence-corrected chi connectivity index (χ1v) is 7.40. The van der Waals surface area contributed by atoms with Crippen molar-refractivity contribution >= 4 is 11.6 Å². The van der Waals surface area contributed by atoms with Gasteiger partial charge in [0.2, 0.25) is 5.91 Å². The monoisotopic (exact) mass is 302 g/mol. The number of piperazine rings is 1. The fourth-order valence-electron chi connectivity index (χ4n) is 2.70. The van der Waals surface area contributed by atoms with Crippen LogP contribution in [0.4, 0.5) is 10.1 Å². The van der Waals surface area contributed by atoms with Crippen molar-refractivity contribution in [1.82, 2.24) is 14.7 Å². The zero-order valence-electron chi connectivity index (χ0n) is 12.6. The van der Waals surface area contributed by atoms with Gasteiger partial charge in [0.15, 0.2) is 0 Å². The molecule has 0 atom stereocenters. The number of hydrogen-bond donors (Lipinski definition) is 0. The Morgan fingerprint density at radius 3 is 2.59 bits per heavy atom. The first-order chi connectivity index (χ1) is 10.6. The Balaban J connectivity index is 1.57. The van der Waals surface area contributed by atoms with E-state index in [9.17, 15) is 9.18 Å². The van der Waals surface area contributed by atoms with Gasteiger partial charge in [-0.1, -0.05) is 12.1 Å². The smallest absolute Gasteiger partial charge is 0.244 e. The molecule has 22 heavy (non-hydrogen) atoms. The van der Waals surface area contributed by atoms with Crippen LogP contribution in [-0.2, 0) is 11.3 Å². The van der Waals surface area contributed by atoms with E-state index in [1.807, 2.05) is 29.0 Å². The molecule has 0 radical (unpaired) electrons. The maximum Gasteiger partial charge on any atom is 0.244 e. The van der Waals surface area contributed by atoms with Gasteiger partial charge >= 0.3 is 0 Å². The first-order valence-electron chi connectivity index (χ1n) is 7.40. The van der Waals surface area contributed by atoms with Gasteiger partial charge in [-0.25, -0.2) is 4.39 Å². The Bertz CT molecular complexity index is 662. The number of benzene rings is 1. The molecule has 116 valence electrons. The summed E-state index contributed by atoms with van der Waals surface area (Å²) in [5.74, 6) is -0.162. The van der Waals surface area contributed by atoms with Crippen LogP contribution in [0.3, 0.4) is 0 Å². The SMILES string of the molecule is Cc1cnn(CC(=O)N2CCN(c3ccccc3F)CC2)c1. The summed E-state index contributed by atoms with van der Waals surface area (Å²) in [6, 6.07) is 6.76. The van der Waals surface area contributed by atoms with Gasteiger partial charge in [-0.15, -0.1) is 0 Å². The minimum Gasteiger partial charge on any atom is -0.366 e. The number of hydrogen-bond acceptors (Lipinski definition) is 3. The lowest BCUT2D eigenvalue weighted by Crippen LogP contribution is -2.49. The number of aromatic nitrogens is 2. The molecule has 3 rings (SSSR count). The van der Waals surface area contributed by atoms with Crippen LogP contribution in [0.5, 0.6) is 0 Å². The predicted octanol–water partition coefficient (Wildman–Crippen LogP) is 1.68. The summed E-state index contributed by atoms with van der Waals surface area (Å²) in [5.41, 5.74) is 1.65. The predicted molar refractivity (Wildman–Crippen MR) is 82.2 cm³/mol. The number of amides is 1. The topological polar surface area (TPSA) is 41.4 Å². The summed E-state index contributed by atoms with van der Waals surface area (Å²) < 4.78 is 15.4. The van der Waals surface area contributed by atoms with Gasteiger partial charge in [0, 0.05) is 32.4 Å². The maximum atomic E-state index is 13.8. The van der Waals surface area contributed by atoms with E-state index >= 15 is 0 Å². The van der Waals surface area contributed by atoms with Crippen molar-refractivity contribution in [3.8, 4) is 0 Å². The molecule has 1 aliphatic heterocycles. The third kappa shape index (κ3) is 3.10. The van der Waals surface area contributed by atoms with Gasteiger partial charge in [-0.3, -0.25) is 9.48 Å². The number of carbonyl (C=O) groups excluding carboxylic acids is 1. The summed E-state index contributed by atoms with van der Waals surface area (Å²) in [4.78, 5) is 16.1. The van der Waals surface area contributed by atoms with Crippen molar-refractivity contribution in [2.75, 3.05) is 31.1 Å². The number of carbonyl (C=O) groups is 1. The first kappa shape index (κ1) is 14.6. The second-order valence-electron chi connectivity index (χ2n) is 5.53. The highest BCUT2D eigenvalue weighted by Crippen LogP contribution is 2.20. The lowest BCUT2D eigenvalue weighted by molar-refractivity contribution is -0.132. The van der Waals surface area contributed by atoms with E-state index in [-0.39, 0.29) is 18.3 Å². The van der Waals surface area contributed by atoms with Crippen LogP contribution in [0.2, 0.25) is 0 Å². The molecule has 0 N–H and O–H groups in total. The Labute approximate surface area is 128 Å². The minimum absolute atomic E-state index is 0.0521. The van der Waals surface area contributed by atoms with Crippen molar-refractivity contribution < 1.29 is 9.18 Å². The molecule has 0 saturated carbocycles. The van der Waals surface area contributed by atoms with Gasteiger partial charge in [0.05, 0.1) is 11.9 Å². The van der Waals surface area contributed by atoms with E-state index in [1.165, 1.54) is 6.07 Å². The molecule has 2 aromatic rings. The molecule has 6 heteroatoms. The largest absolute Gasteiger partial charge is 0.366 e. The highest BCUT2D eigenvalue weighted by Gasteiger charge is 2.22. The fourth-order valence-corrected chi connectivity index (χ4v) is 2.70. The van der Waals surface area contributed by atoms with Crippen LogP contribution >= 0.6 is 0 Å². The Kier molecular flexibility index (Phi) is 4.09. The average molecular weight is 302 g/mol. The van der Waals surface area contributed by atoms with Crippen molar-refractivity contribution in [2.45, 2.75) is 13.5 Å². The quantitative estimate of drug-likeness (QED) is 0.866. The molecule has 1 aliphatic rings. The summed E-state index contributed by atoms with van der Waals surface area (Å²) in [6.07, 6.45) is 3.59. The molecule has 0 spiro atoms. The maximum absolute atomic E-state index is 13.8. The molecule has 1 aromatic carbocycles. The van der Waals surface area contributed by atoms with E-state index in [0.717, 1.165) is 5.56 Å². The number of halogens is 1. The van der Waals surface area contributed by atoms with Crippen molar-refractivity contribution in [1.29, 1.82) is 0 Å². The average Bonchev–Trinajstić information content (AvgIpc) is 2.93. The lowest BCUT2D eigenvalue weighted by atomic mass is 10.2. The molecule has 1 aromatic heterocycles. The second kappa shape index (κ2) is 6.17. The van der Waals surface area contributed by atoms with Crippen molar-refractivity contribution in [2.24, 2.45) is 0 Å². The third-order valence-corrected chi connectivity index (χ3v) is 3.89. The molecule has 0 aliphatic carbocycles. The van der Waals surface area contributed by atoms with Gasteiger partial charge in [0.1, 0.15) is 12.4 Å². The van der Waals surface area contributed by atoms with Crippen LogP contribution < -0.4 is 4.90 Å². The molecule has 5 nitrogen and oxygen atoms in total. The highest BCUT2D eigenvalue weighted by molar-refractivity contribution is 5.76. The Morgan fingerprint density at radius 1 is 1.23 bits per heavy atom. The van der Waals surface area contributed by atoms with Crippen LogP contribution in [0.25, 0.3) is 0 Å². The van der Waals surface area contributed by atoms with Gasteiger partial charge in [-0.05, 0) is 24.6 Å². The molecule has 0 bridgehead atoms. The molecule has 1 saturated heterocycles. The fraction of sp³-hybridized carbons (Fsp3) is 0.375. The van der Waals surface area contributed by atoms with Crippen molar-refractivity contribution in [3.05, 3.63) is 48.0 Å². The minimum atomic E-state index is -0.214. The van der Waals surface area contributed by atoms with E-state index < -0.39 is 0 Å². The van der Waals surface area contributed by atoms with E-state index in [1.54, 1.807) is 23.0 Å². The third-order valence-electron chi connectivity index (χ3n) is 3.89. The summed E-state index contributed by atoms with van der Waals surface area (Å²) in [6.45, 7) is 4.70. The molecular formula is C16H19FN4O. The van der Waals surface area contributed by atoms with Crippen LogP contribution in [0.1, 0.15) is 5.56 Å². The number of para-hydroxylation sites is 1. The highest BCUT2D eigenvalue weighted by atomic mass is 19.1. The number of nitrogens with zero attached hydrogens (tertiary/aromatic N) is 4. The Hall–Kier alpha value is -2.37. The summed E-state index contributed by atoms with van der Waals surface area (Å²) >= 11 is 0. The summed E-state index contributed by atoms with van der Waals surface area (Å²) in [5, 5.41) is 4.13.